The van der Waals surface area contributed by atoms with Gasteiger partial charge in [-0.25, -0.2) is 12.8 Å². The van der Waals surface area contributed by atoms with Crippen molar-refractivity contribution in [3.05, 3.63) is 42.2 Å². The summed E-state index contributed by atoms with van der Waals surface area (Å²) >= 11 is 0. The van der Waals surface area contributed by atoms with Crippen LogP contribution in [0.1, 0.15) is 0 Å². The first-order valence-electron chi connectivity index (χ1n) is 7.45. The monoisotopic (exact) mass is 381 g/mol. The van der Waals surface area contributed by atoms with Crippen LogP contribution in [0.25, 0.3) is 0 Å². The molecule has 26 heavy (non-hydrogen) atoms. The molecule has 2 aromatic carbocycles. The molecule has 2 aromatic rings. The van der Waals surface area contributed by atoms with Crippen molar-refractivity contribution >= 4 is 27.3 Å². The highest BCUT2D eigenvalue weighted by molar-refractivity contribution is 7.89. The van der Waals surface area contributed by atoms with E-state index in [9.17, 15) is 17.6 Å². The lowest BCUT2D eigenvalue weighted by molar-refractivity contribution is -0.117. The van der Waals surface area contributed by atoms with Crippen LogP contribution in [0.2, 0.25) is 0 Å². The molecule has 0 saturated carbocycles. The van der Waals surface area contributed by atoms with Crippen molar-refractivity contribution in [2.75, 3.05) is 24.9 Å². The van der Waals surface area contributed by atoms with Gasteiger partial charge in [-0.2, -0.15) is 4.72 Å². The van der Waals surface area contributed by atoms with Gasteiger partial charge in [-0.05, 0) is 30.3 Å². The number of carbonyl (C=O) groups excluding carboxylic acids is 1. The minimum Gasteiger partial charge on any atom is -0.497 e. The lowest BCUT2D eigenvalue weighted by Gasteiger charge is -2.27. The average molecular weight is 381 g/mol. The van der Waals surface area contributed by atoms with Crippen LogP contribution in [-0.2, 0) is 14.8 Å². The van der Waals surface area contributed by atoms with Gasteiger partial charge in [0.1, 0.15) is 22.2 Å². The molecular formula is C16H16FN3O5S. The number of amides is 1. The second kappa shape index (κ2) is 6.81. The minimum atomic E-state index is -3.96. The molecule has 0 spiro atoms. The maximum Gasteiger partial charge on any atom is 0.263 e. The molecule has 0 bridgehead atoms. The van der Waals surface area contributed by atoms with Crippen molar-refractivity contribution in [1.82, 2.24) is 4.72 Å². The van der Waals surface area contributed by atoms with Gasteiger partial charge in [0, 0.05) is 6.07 Å². The first kappa shape index (κ1) is 18.0. The van der Waals surface area contributed by atoms with Gasteiger partial charge < -0.3 is 20.1 Å². The third-order valence-electron chi connectivity index (χ3n) is 3.73. The van der Waals surface area contributed by atoms with Crippen molar-refractivity contribution in [2.45, 2.75) is 11.1 Å². The first-order chi connectivity index (χ1) is 12.3. The fourth-order valence-corrected chi connectivity index (χ4v) is 3.74. The van der Waals surface area contributed by atoms with Crippen LogP contribution < -0.4 is 24.8 Å². The van der Waals surface area contributed by atoms with E-state index in [-0.39, 0.29) is 10.6 Å². The van der Waals surface area contributed by atoms with Crippen molar-refractivity contribution < 1.29 is 27.1 Å². The molecule has 3 rings (SSSR count). The molecule has 0 fully saturated rings. The molecule has 1 amide bonds. The van der Waals surface area contributed by atoms with Crippen molar-refractivity contribution in [2.24, 2.45) is 0 Å². The molecule has 3 N–H and O–H groups in total. The third kappa shape index (κ3) is 3.41. The quantitative estimate of drug-likeness (QED) is 0.741. The second-order valence-electron chi connectivity index (χ2n) is 5.39. The Morgan fingerprint density at radius 2 is 1.92 bits per heavy atom. The summed E-state index contributed by atoms with van der Waals surface area (Å²) < 4.78 is 50.4. The van der Waals surface area contributed by atoms with E-state index in [2.05, 4.69) is 15.4 Å². The van der Waals surface area contributed by atoms with Crippen molar-refractivity contribution in [3.8, 4) is 11.5 Å². The normalized spacial score (nSPS) is 17.6. The van der Waals surface area contributed by atoms with Crippen LogP contribution in [0.15, 0.2) is 41.3 Å². The molecule has 1 heterocycles. The fraction of sp³-hybridized carbons (Fsp3) is 0.188. The number of methoxy groups -OCH3 is 2. The largest absolute Gasteiger partial charge is 0.497 e. The summed E-state index contributed by atoms with van der Waals surface area (Å²) in [4.78, 5) is 12.4. The highest BCUT2D eigenvalue weighted by Crippen LogP contribution is 2.30. The smallest absolute Gasteiger partial charge is 0.263 e. The van der Waals surface area contributed by atoms with Crippen LogP contribution in [0.4, 0.5) is 15.8 Å². The van der Waals surface area contributed by atoms with Gasteiger partial charge >= 0.3 is 0 Å². The number of sulfonamides is 1. The minimum absolute atomic E-state index is 0.00518. The summed E-state index contributed by atoms with van der Waals surface area (Å²) in [6, 6.07) is 7.91. The zero-order valence-electron chi connectivity index (χ0n) is 13.9. The molecule has 8 nitrogen and oxygen atoms in total. The van der Waals surface area contributed by atoms with Crippen LogP contribution in [0, 0.1) is 5.82 Å². The molecule has 0 aromatic heterocycles. The molecule has 0 aliphatic carbocycles. The number of carbonyl (C=O) groups is 1. The number of halogens is 1. The van der Waals surface area contributed by atoms with Gasteiger partial charge in [0.2, 0.25) is 10.0 Å². The highest BCUT2D eigenvalue weighted by atomic mass is 32.2. The molecule has 0 unspecified atom stereocenters. The van der Waals surface area contributed by atoms with Gasteiger partial charge in [0.15, 0.2) is 6.17 Å². The predicted molar refractivity (Wildman–Crippen MR) is 92.3 cm³/mol. The Kier molecular flexibility index (Phi) is 4.70. The summed E-state index contributed by atoms with van der Waals surface area (Å²) in [6.45, 7) is 0. The fourth-order valence-electron chi connectivity index (χ4n) is 2.48. The van der Waals surface area contributed by atoms with E-state index in [0.29, 0.717) is 17.2 Å². The third-order valence-corrected chi connectivity index (χ3v) is 5.21. The van der Waals surface area contributed by atoms with Crippen molar-refractivity contribution in [3.63, 3.8) is 0 Å². The number of hydrogen-bond acceptors (Lipinski definition) is 6. The van der Waals surface area contributed by atoms with E-state index in [1.807, 2.05) is 0 Å². The predicted octanol–water partition coefficient (Wildman–Crippen LogP) is 1.51. The summed E-state index contributed by atoms with van der Waals surface area (Å²) in [5.74, 6) is -0.445. The van der Waals surface area contributed by atoms with Gasteiger partial charge in [0.25, 0.3) is 5.91 Å². The SMILES string of the molecule is COc1ccc(NC(=O)[C@H]2Nc3cc(F)ccc3S(=O)(=O)N2)c(OC)c1. The maximum absolute atomic E-state index is 13.4. The molecule has 1 aliphatic heterocycles. The summed E-state index contributed by atoms with van der Waals surface area (Å²) in [5.41, 5.74) is 0.329. The number of fused-ring (bicyclic) bond motifs is 1. The Bertz CT molecular complexity index is 964. The Hall–Kier alpha value is -2.85. The molecule has 10 heteroatoms. The number of ether oxygens (including phenoxy) is 2. The molecule has 0 radical (unpaired) electrons. The van der Waals surface area contributed by atoms with Crippen LogP contribution in [-0.4, -0.2) is 34.7 Å². The van der Waals surface area contributed by atoms with E-state index in [4.69, 9.17) is 9.47 Å². The number of hydrogen-bond donors (Lipinski definition) is 3. The van der Waals surface area contributed by atoms with Gasteiger partial charge in [-0.1, -0.05) is 0 Å². The van der Waals surface area contributed by atoms with E-state index in [0.717, 1.165) is 18.2 Å². The Balaban J connectivity index is 1.86. The Labute approximate surface area is 149 Å². The standard InChI is InChI=1S/C16H16FN3O5S/c1-24-10-4-5-11(13(8-10)25-2)19-16(21)15-18-12-7-9(17)3-6-14(12)26(22,23)20-15/h3-8,15,18,20H,1-2H3,(H,19,21)/t15-/m0/s1. The van der Waals surface area contributed by atoms with Crippen LogP contribution in [0.3, 0.4) is 0 Å². The van der Waals surface area contributed by atoms with Crippen molar-refractivity contribution in [1.29, 1.82) is 0 Å². The summed E-state index contributed by atoms with van der Waals surface area (Å²) in [5, 5.41) is 5.23. The Morgan fingerprint density at radius 1 is 1.15 bits per heavy atom. The number of anilines is 2. The van der Waals surface area contributed by atoms with Gasteiger partial charge in [0.05, 0.1) is 25.6 Å². The van der Waals surface area contributed by atoms with E-state index in [1.165, 1.54) is 14.2 Å². The van der Waals surface area contributed by atoms with Crippen LogP contribution >= 0.6 is 0 Å². The Morgan fingerprint density at radius 3 is 2.62 bits per heavy atom. The number of rotatable bonds is 4. The molecular weight excluding hydrogens is 365 g/mol. The van der Waals surface area contributed by atoms with E-state index < -0.39 is 27.9 Å². The van der Waals surface area contributed by atoms with Crippen LogP contribution in [0.5, 0.6) is 11.5 Å². The zero-order chi connectivity index (χ0) is 18.9. The maximum atomic E-state index is 13.4. The zero-order valence-corrected chi connectivity index (χ0v) is 14.7. The number of benzene rings is 2. The first-order valence-corrected chi connectivity index (χ1v) is 8.93. The highest BCUT2D eigenvalue weighted by Gasteiger charge is 2.33. The molecule has 0 saturated heterocycles. The number of nitrogens with one attached hydrogen (secondary N) is 3. The summed E-state index contributed by atoms with van der Waals surface area (Å²) in [6.07, 6.45) is -1.32. The molecule has 1 atom stereocenters. The van der Waals surface area contributed by atoms with E-state index >= 15 is 0 Å². The van der Waals surface area contributed by atoms with E-state index in [1.54, 1.807) is 18.2 Å². The molecule has 138 valence electrons. The lowest BCUT2D eigenvalue weighted by Crippen LogP contribution is -2.51. The topological polar surface area (TPSA) is 106 Å². The average Bonchev–Trinajstić information content (AvgIpc) is 2.60. The lowest BCUT2D eigenvalue weighted by atomic mass is 10.2. The van der Waals surface area contributed by atoms with Gasteiger partial charge in [-0.15, -0.1) is 0 Å². The molecule has 1 aliphatic rings. The second-order valence-corrected chi connectivity index (χ2v) is 7.08. The van der Waals surface area contributed by atoms with Gasteiger partial charge in [-0.3, -0.25) is 4.79 Å². The summed E-state index contributed by atoms with van der Waals surface area (Å²) in [7, 11) is -1.05.